The van der Waals surface area contributed by atoms with Crippen LogP contribution in [0.4, 0.5) is 5.69 Å². The molecule has 0 heterocycles. The second-order valence-corrected chi connectivity index (χ2v) is 5.20. The van der Waals surface area contributed by atoms with E-state index in [-0.39, 0.29) is 10.9 Å². The standard InChI is InChI=1S/C14H17NO2S/c1-10(16)13-7-6-12(14(15)9-13)5-3-4-8-18-11(2)17/h3,5-7,9H,4,8,15H2,1-2H3. The Bertz CT molecular complexity index is 481. The van der Waals surface area contributed by atoms with Crippen LogP contribution < -0.4 is 5.73 Å². The molecule has 0 saturated carbocycles. The fourth-order valence-corrected chi connectivity index (χ4v) is 1.97. The van der Waals surface area contributed by atoms with E-state index in [2.05, 4.69) is 0 Å². The van der Waals surface area contributed by atoms with E-state index in [1.54, 1.807) is 19.1 Å². The molecular weight excluding hydrogens is 246 g/mol. The van der Waals surface area contributed by atoms with Crippen LogP contribution >= 0.6 is 11.8 Å². The number of hydrogen-bond acceptors (Lipinski definition) is 4. The Morgan fingerprint density at radius 3 is 2.61 bits per heavy atom. The van der Waals surface area contributed by atoms with Crippen LogP contribution in [0.3, 0.4) is 0 Å². The van der Waals surface area contributed by atoms with E-state index in [0.29, 0.717) is 11.3 Å². The Hall–Kier alpha value is -1.55. The highest BCUT2D eigenvalue weighted by molar-refractivity contribution is 8.13. The number of nitrogen functional groups attached to an aromatic ring is 1. The predicted octanol–water partition coefficient (Wildman–Crippen LogP) is 3.15. The van der Waals surface area contributed by atoms with E-state index in [9.17, 15) is 9.59 Å². The van der Waals surface area contributed by atoms with Gasteiger partial charge in [0.2, 0.25) is 0 Å². The molecule has 0 aliphatic heterocycles. The first-order valence-corrected chi connectivity index (χ1v) is 6.69. The average Bonchev–Trinajstić information content (AvgIpc) is 2.29. The molecule has 0 aliphatic carbocycles. The Labute approximate surface area is 111 Å². The van der Waals surface area contributed by atoms with Crippen molar-refractivity contribution in [2.75, 3.05) is 11.5 Å². The van der Waals surface area contributed by atoms with Gasteiger partial charge in [-0.2, -0.15) is 0 Å². The topological polar surface area (TPSA) is 60.2 Å². The lowest BCUT2D eigenvalue weighted by Gasteiger charge is -2.02. The molecule has 0 bridgehead atoms. The zero-order valence-electron chi connectivity index (χ0n) is 10.6. The zero-order chi connectivity index (χ0) is 13.5. The van der Waals surface area contributed by atoms with Gasteiger partial charge in [0.1, 0.15) is 0 Å². The highest BCUT2D eigenvalue weighted by Gasteiger charge is 2.01. The van der Waals surface area contributed by atoms with Gasteiger partial charge in [0.05, 0.1) is 0 Å². The minimum absolute atomic E-state index is 0.00934. The molecule has 18 heavy (non-hydrogen) atoms. The normalized spacial score (nSPS) is 10.8. The van der Waals surface area contributed by atoms with Crippen molar-refractivity contribution in [2.24, 2.45) is 0 Å². The van der Waals surface area contributed by atoms with Crippen LogP contribution in [0.2, 0.25) is 0 Å². The van der Waals surface area contributed by atoms with Crippen molar-refractivity contribution >= 4 is 34.4 Å². The third-order valence-electron chi connectivity index (χ3n) is 2.38. The van der Waals surface area contributed by atoms with Crippen LogP contribution in [0.15, 0.2) is 24.3 Å². The summed E-state index contributed by atoms with van der Waals surface area (Å²) < 4.78 is 0. The van der Waals surface area contributed by atoms with Crippen molar-refractivity contribution in [3.05, 3.63) is 35.4 Å². The van der Waals surface area contributed by atoms with Gasteiger partial charge in [0.25, 0.3) is 0 Å². The molecule has 96 valence electrons. The number of hydrogen-bond donors (Lipinski definition) is 1. The first-order chi connectivity index (χ1) is 8.50. The smallest absolute Gasteiger partial charge is 0.185 e. The SMILES string of the molecule is CC(=O)SCCC=Cc1ccc(C(C)=O)cc1N. The van der Waals surface area contributed by atoms with E-state index < -0.39 is 0 Å². The minimum Gasteiger partial charge on any atom is -0.398 e. The molecule has 0 radical (unpaired) electrons. The molecule has 2 N–H and O–H groups in total. The maximum absolute atomic E-state index is 11.2. The first kappa shape index (κ1) is 14.5. The van der Waals surface area contributed by atoms with Crippen LogP contribution in [0.1, 0.15) is 36.2 Å². The number of carbonyl (C=O) groups excluding carboxylic acids is 2. The van der Waals surface area contributed by atoms with Crippen LogP contribution in [0.5, 0.6) is 0 Å². The number of rotatable bonds is 5. The van der Waals surface area contributed by atoms with Crippen molar-refractivity contribution in [3.8, 4) is 0 Å². The summed E-state index contributed by atoms with van der Waals surface area (Å²) in [6.45, 7) is 3.08. The molecule has 4 heteroatoms. The highest BCUT2D eigenvalue weighted by Crippen LogP contribution is 2.17. The summed E-state index contributed by atoms with van der Waals surface area (Å²) in [5.41, 5.74) is 7.97. The summed E-state index contributed by atoms with van der Waals surface area (Å²) in [5.74, 6) is 0.784. The number of anilines is 1. The minimum atomic E-state index is 0.00934. The molecule has 0 spiro atoms. The van der Waals surface area contributed by atoms with Crippen molar-refractivity contribution in [1.82, 2.24) is 0 Å². The lowest BCUT2D eigenvalue weighted by molar-refractivity contribution is -0.109. The lowest BCUT2D eigenvalue weighted by atomic mass is 10.1. The summed E-state index contributed by atoms with van der Waals surface area (Å²) in [7, 11) is 0. The monoisotopic (exact) mass is 263 g/mol. The quantitative estimate of drug-likeness (QED) is 0.503. The van der Waals surface area contributed by atoms with Crippen molar-refractivity contribution in [3.63, 3.8) is 0 Å². The molecule has 0 amide bonds. The molecule has 1 aromatic rings. The first-order valence-electron chi connectivity index (χ1n) is 5.71. The van der Waals surface area contributed by atoms with E-state index in [0.717, 1.165) is 17.7 Å². The number of nitrogens with two attached hydrogens (primary N) is 1. The van der Waals surface area contributed by atoms with Gasteiger partial charge in [-0.1, -0.05) is 36.0 Å². The van der Waals surface area contributed by atoms with Gasteiger partial charge in [-0.3, -0.25) is 9.59 Å². The Morgan fingerprint density at radius 1 is 1.33 bits per heavy atom. The second kappa shape index (κ2) is 7.01. The molecule has 0 aromatic heterocycles. The summed E-state index contributed by atoms with van der Waals surface area (Å²) in [4.78, 5) is 21.9. The number of benzene rings is 1. The molecule has 0 saturated heterocycles. The van der Waals surface area contributed by atoms with Gasteiger partial charge in [0, 0.05) is 23.9 Å². The van der Waals surface area contributed by atoms with E-state index in [1.807, 2.05) is 18.2 Å². The Balaban J connectivity index is 2.59. The zero-order valence-corrected chi connectivity index (χ0v) is 11.4. The second-order valence-electron chi connectivity index (χ2n) is 3.93. The lowest BCUT2D eigenvalue weighted by Crippen LogP contribution is -1.96. The summed E-state index contributed by atoms with van der Waals surface area (Å²) in [6.07, 6.45) is 4.72. The average molecular weight is 263 g/mol. The van der Waals surface area contributed by atoms with Gasteiger partial charge in [-0.15, -0.1) is 0 Å². The van der Waals surface area contributed by atoms with E-state index >= 15 is 0 Å². The van der Waals surface area contributed by atoms with Gasteiger partial charge in [0.15, 0.2) is 10.9 Å². The molecule has 0 aliphatic rings. The molecule has 1 aromatic carbocycles. The number of thioether (sulfide) groups is 1. The van der Waals surface area contributed by atoms with Gasteiger partial charge in [-0.05, 0) is 25.0 Å². The summed E-state index contributed by atoms with van der Waals surface area (Å²) in [6, 6.07) is 5.29. The van der Waals surface area contributed by atoms with Crippen molar-refractivity contribution in [1.29, 1.82) is 0 Å². The number of ketones is 1. The Morgan fingerprint density at radius 2 is 2.06 bits per heavy atom. The van der Waals surface area contributed by atoms with E-state index in [4.69, 9.17) is 5.73 Å². The molecule has 3 nitrogen and oxygen atoms in total. The fraction of sp³-hybridized carbons (Fsp3) is 0.286. The molecule has 0 unspecified atom stereocenters. The maximum Gasteiger partial charge on any atom is 0.185 e. The number of carbonyl (C=O) groups is 2. The van der Waals surface area contributed by atoms with Crippen LogP contribution in [-0.4, -0.2) is 16.7 Å². The third-order valence-corrected chi connectivity index (χ3v) is 3.23. The summed E-state index contributed by atoms with van der Waals surface area (Å²) in [5, 5.41) is 0.133. The van der Waals surface area contributed by atoms with Crippen molar-refractivity contribution < 1.29 is 9.59 Å². The van der Waals surface area contributed by atoms with Gasteiger partial charge < -0.3 is 5.73 Å². The van der Waals surface area contributed by atoms with Gasteiger partial charge in [-0.25, -0.2) is 0 Å². The van der Waals surface area contributed by atoms with Crippen molar-refractivity contribution in [2.45, 2.75) is 20.3 Å². The summed E-state index contributed by atoms with van der Waals surface area (Å²) >= 11 is 1.31. The third kappa shape index (κ3) is 4.75. The maximum atomic E-state index is 11.2. The van der Waals surface area contributed by atoms with E-state index in [1.165, 1.54) is 18.7 Å². The number of Topliss-reactive ketones (excluding diaryl/α,β-unsaturated/α-hetero) is 1. The molecule has 1 rings (SSSR count). The molecule has 0 atom stereocenters. The fourth-order valence-electron chi connectivity index (χ4n) is 1.43. The predicted molar refractivity (Wildman–Crippen MR) is 77.6 cm³/mol. The van der Waals surface area contributed by atoms with Crippen LogP contribution in [0, 0.1) is 0 Å². The van der Waals surface area contributed by atoms with Gasteiger partial charge >= 0.3 is 0 Å². The highest BCUT2D eigenvalue weighted by atomic mass is 32.2. The molecule has 0 fully saturated rings. The Kier molecular flexibility index (Phi) is 5.65. The molecular formula is C14H17NO2S. The van der Waals surface area contributed by atoms with Crippen LogP contribution in [0.25, 0.3) is 6.08 Å². The van der Waals surface area contributed by atoms with Crippen LogP contribution in [-0.2, 0) is 4.79 Å². The largest absolute Gasteiger partial charge is 0.398 e. The number of allylic oxidation sites excluding steroid dienone is 1.